The van der Waals surface area contributed by atoms with Crippen LogP contribution >= 0.6 is 11.8 Å². The topological polar surface area (TPSA) is 59.7 Å². The molecule has 0 N–H and O–H groups in total. The van der Waals surface area contributed by atoms with Crippen molar-refractivity contribution in [2.45, 2.75) is 44.7 Å². The van der Waals surface area contributed by atoms with Gasteiger partial charge in [0, 0.05) is 24.4 Å². The number of benzene rings is 1. The Morgan fingerprint density at radius 1 is 1.20 bits per heavy atom. The molecule has 0 bridgehead atoms. The third-order valence-electron chi connectivity index (χ3n) is 6.51. The van der Waals surface area contributed by atoms with E-state index in [9.17, 15) is 4.79 Å². The highest BCUT2D eigenvalue weighted by molar-refractivity contribution is 7.98. The van der Waals surface area contributed by atoms with Gasteiger partial charge >= 0.3 is 0 Å². The van der Waals surface area contributed by atoms with Crippen molar-refractivity contribution in [1.29, 1.82) is 0 Å². The van der Waals surface area contributed by atoms with Crippen LogP contribution in [0.4, 0.5) is 5.69 Å². The zero-order valence-corrected chi connectivity index (χ0v) is 21.4. The van der Waals surface area contributed by atoms with E-state index >= 15 is 0 Å². The van der Waals surface area contributed by atoms with Gasteiger partial charge in [-0.3, -0.25) is 9.78 Å². The second-order valence-corrected chi connectivity index (χ2v) is 10.0. The van der Waals surface area contributed by atoms with Crippen molar-refractivity contribution < 1.29 is 9.53 Å². The molecule has 1 saturated carbocycles. The summed E-state index contributed by atoms with van der Waals surface area (Å²) in [6.45, 7) is 4.63. The molecule has 35 heavy (non-hydrogen) atoms. The van der Waals surface area contributed by atoms with Crippen LogP contribution in [0.15, 0.2) is 59.9 Å². The summed E-state index contributed by atoms with van der Waals surface area (Å²) in [7, 11) is 1.70. The predicted molar refractivity (Wildman–Crippen MR) is 141 cm³/mol. The molecule has 3 aromatic heterocycles. The maximum atomic E-state index is 13.6. The van der Waals surface area contributed by atoms with E-state index in [1.54, 1.807) is 25.1 Å². The summed E-state index contributed by atoms with van der Waals surface area (Å²) in [4.78, 5) is 19.8. The molecule has 1 aliphatic carbocycles. The molecule has 0 saturated heterocycles. The quantitative estimate of drug-likeness (QED) is 0.283. The smallest absolute Gasteiger partial charge is 0.227 e. The number of nitrogens with zero attached hydrogens (tertiary/aromatic N) is 4. The molecular formula is C28H30N4O2S. The van der Waals surface area contributed by atoms with E-state index in [0.717, 1.165) is 62.8 Å². The Balaban J connectivity index is 1.69. The van der Waals surface area contributed by atoms with Crippen LogP contribution < -0.4 is 9.64 Å². The molecule has 1 fully saturated rings. The van der Waals surface area contributed by atoms with Gasteiger partial charge < -0.3 is 9.64 Å². The number of carbonyl (C=O) groups excluding carboxylic acids is 1. The van der Waals surface area contributed by atoms with Gasteiger partial charge in [-0.25, -0.2) is 4.52 Å². The minimum Gasteiger partial charge on any atom is -0.496 e. The Morgan fingerprint density at radius 2 is 2.03 bits per heavy atom. The summed E-state index contributed by atoms with van der Waals surface area (Å²) in [5.74, 6) is 1.44. The fourth-order valence-electron chi connectivity index (χ4n) is 4.68. The van der Waals surface area contributed by atoms with Crippen molar-refractivity contribution in [3.05, 3.63) is 71.5 Å². The largest absolute Gasteiger partial charge is 0.496 e. The van der Waals surface area contributed by atoms with Crippen molar-refractivity contribution in [2.24, 2.45) is 5.92 Å². The second kappa shape index (κ2) is 9.74. The van der Waals surface area contributed by atoms with E-state index in [1.165, 1.54) is 0 Å². The number of aryl methyl sites for hydroxylation is 2. The minimum absolute atomic E-state index is 0.135. The Hall–Kier alpha value is -3.32. The average Bonchev–Trinajstić information content (AvgIpc) is 3.59. The number of thioether (sulfide) groups is 1. The summed E-state index contributed by atoms with van der Waals surface area (Å²) in [6.07, 6.45) is 8.42. The Labute approximate surface area is 210 Å². The SMILES string of the molecule is COc1cc(C)cc(C)c1-c1cccc2c(N(Cc3cccnc3)C(=O)CC3CC3)c(SC)nn12. The number of methoxy groups -OCH3 is 1. The van der Waals surface area contributed by atoms with E-state index < -0.39 is 0 Å². The third-order valence-corrected chi connectivity index (χ3v) is 7.17. The van der Waals surface area contributed by atoms with E-state index in [1.807, 2.05) is 46.1 Å². The van der Waals surface area contributed by atoms with Gasteiger partial charge in [-0.15, -0.1) is 11.8 Å². The van der Waals surface area contributed by atoms with Crippen LogP contribution in [0.1, 0.15) is 36.0 Å². The second-order valence-electron chi connectivity index (χ2n) is 9.21. The number of amides is 1. The molecule has 0 unspecified atom stereocenters. The maximum Gasteiger partial charge on any atom is 0.227 e. The summed E-state index contributed by atoms with van der Waals surface area (Å²) in [6, 6.07) is 14.3. The lowest BCUT2D eigenvalue weighted by Crippen LogP contribution is -2.31. The minimum atomic E-state index is 0.135. The van der Waals surface area contributed by atoms with Gasteiger partial charge in [0.2, 0.25) is 5.91 Å². The lowest BCUT2D eigenvalue weighted by atomic mass is 10.0. The highest BCUT2D eigenvalue weighted by Crippen LogP contribution is 2.41. The Bertz CT molecular complexity index is 1380. The van der Waals surface area contributed by atoms with Crippen molar-refractivity contribution in [3.63, 3.8) is 0 Å². The molecule has 1 aromatic carbocycles. The van der Waals surface area contributed by atoms with Gasteiger partial charge in [-0.1, -0.05) is 18.2 Å². The zero-order valence-electron chi connectivity index (χ0n) is 20.6. The average molecular weight is 487 g/mol. The van der Waals surface area contributed by atoms with Gasteiger partial charge in [-0.2, -0.15) is 5.10 Å². The van der Waals surface area contributed by atoms with Crippen molar-refractivity contribution in [3.8, 4) is 17.0 Å². The Morgan fingerprint density at radius 3 is 2.71 bits per heavy atom. The number of hydrogen-bond donors (Lipinski definition) is 0. The van der Waals surface area contributed by atoms with Crippen LogP contribution in [0.2, 0.25) is 0 Å². The molecular weight excluding hydrogens is 456 g/mol. The van der Waals surface area contributed by atoms with Crippen LogP contribution in [0, 0.1) is 19.8 Å². The summed E-state index contributed by atoms with van der Waals surface area (Å²) < 4.78 is 7.73. The molecule has 0 radical (unpaired) electrons. The molecule has 6 nitrogen and oxygen atoms in total. The lowest BCUT2D eigenvalue weighted by Gasteiger charge is -2.23. The normalized spacial score (nSPS) is 13.3. The first-order valence-corrected chi connectivity index (χ1v) is 13.1. The van der Waals surface area contributed by atoms with E-state index in [0.29, 0.717) is 18.9 Å². The summed E-state index contributed by atoms with van der Waals surface area (Å²) >= 11 is 1.56. The van der Waals surface area contributed by atoms with E-state index in [-0.39, 0.29) is 5.91 Å². The third kappa shape index (κ3) is 4.65. The maximum absolute atomic E-state index is 13.6. The first kappa shape index (κ1) is 23.4. The molecule has 3 heterocycles. The number of carbonyl (C=O) groups is 1. The molecule has 5 rings (SSSR count). The Kier molecular flexibility index (Phi) is 6.52. The molecule has 0 spiro atoms. The standard InChI is InChI=1S/C28H30N4O2S/c1-18-13-19(2)26(24(14-18)34-3)22-8-5-9-23-27(28(35-4)30-32(22)23)31(25(33)15-20-10-11-20)17-21-7-6-12-29-16-21/h5-9,12-14,16,20H,10-11,15,17H2,1-4H3. The van der Waals surface area contributed by atoms with E-state index in [2.05, 4.69) is 37.0 Å². The molecule has 1 amide bonds. The number of pyridine rings is 2. The van der Waals surface area contributed by atoms with E-state index in [4.69, 9.17) is 9.84 Å². The van der Waals surface area contributed by atoms with Gasteiger partial charge in [0.05, 0.1) is 24.9 Å². The monoisotopic (exact) mass is 486 g/mol. The fraction of sp³-hybridized carbons (Fsp3) is 0.321. The highest BCUT2D eigenvalue weighted by atomic mass is 32.2. The molecule has 180 valence electrons. The van der Waals surface area contributed by atoms with Crippen LogP contribution in [0.25, 0.3) is 16.8 Å². The van der Waals surface area contributed by atoms with Crippen LogP contribution in [-0.2, 0) is 11.3 Å². The van der Waals surface area contributed by atoms with Gasteiger partial charge in [0.15, 0.2) is 0 Å². The van der Waals surface area contributed by atoms with Crippen molar-refractivity contribution >= 4 is 28.9 Å². The molecule has 0 aliphatic heterocycles. The van der Waals surface area contributed by atoms with Crippen molar-refractivity contribution in [1.82, 2.24) is 14.6 Å². The van der Waals surface area contributed by atoms with Crippen LogP contribution in [-0.4, -0.2) is 33.9 Å². The number of anilines is 1. The zero-order chi connectivity index (χ0) is 24.5. The first-order valence-electron chi connectivity index (χ1n) is 11.9. The molecule has 4 aromatic rings. The van der Waals surface area contributed by atoms with Gasteiger partial charge in [-0.05, 0) is 79.8 Å². The van der Waals surface area contributed by atoms with Gasteiger partial charge in [0.1, 0.15) is 16.5 Å². The number of aromatic nitrogens is 3. The number of hydrogen-bond acceptors (Lipinski definition) is 5. The first-order chi connectivity index (χ1) is 17.0. The molecule has 1 aliphatic rings. The van der Waals surface area contributed by atoms with Crippen LogP contribution in [0.3, 0.4) is 0 Å². The molecule has 0 atom stereocenters. The molecule has 7 heteroatoms. The number of rotatable bonds is 8. The highest BCUT2D eigenvalue weighted by Gasteiger charge is 2.31. The van der Waals surface area contributed by atoms with Gasteiger partial charge in [0.25, 0.3) is 0 Å². The number of fused-ring (bicyclic) bond motifs is 1. The van der Waals surface area contributed by atoms with Crippen molar-refractivity contribution in [2.75, 3.05) is 18.3 Å². The summed E-state index contributed by atoms with van der Waals surface area (Å²) in [5, 5.41) is 5.83. The number of ether oxygens (including phenoxy) is 1. The lowest BCUT2D eigenvalue weighted by molar-refractivity contribution is -0.119. The predicted octanol–water partition coefficient (Wildman–Crippen LogP) is 6.08. The van der Waals surface area contributed by atoms with Crippen LogP contribution in [0.5, 0.6) is 5.75 Å². The fourth-order valence-corrected chi connectivity index (χ4v) is 5.25. The summed E-state index contributed by atoms with van der Waals surface area (Å²) in [5.41, 5.74) is 6.97.